The molecule has 5 heteroatoms. The topological polar surface area (TPSA) is 45.8 Å². The van der Waals surface area contributed by atoms with Crippen LogP contribution in [0, 0.1) is 0 Å². The Morgan fingerprint density at radius 1 is 1.31 bits per heavy atom. The molecule has 82 valence electrons. The van der Waals surface area contributed by atoms with Crippen molar-refractivity contribution in [2.75, 3.05) is 0 Å². The van der Waals surface area contributed by atoms with E-state index in [-0.39, 0.29) is 11.4 Å². The molecule has 1 aromatic carbocycles. The fourth-order valence-corrected chi connectivity index (χ4v) is 1.68. The molecule has 0 unspecified atom stereocenters. The first kappa shape index (κ1) is 11.2. The first-order valence-electron chi connectivity index (χ1n) is 4.61. The molecule has 1 aromatic heterocycles. The van der Waals surface area contributed by atoms with E-state index < -0.39 is 0 Å². The van der Waals surface area contributed by atoms with Crippen LogP contribution in [-0.4, -0.2) is 9.97 Å². The van der Waals surface area contributed by atoms with Crippen molar-refractivity contribution in [2.45, 2.75) is 5.88 Å². The van der Waals surface area contributed by atoms with Gasteiger partial charge in [0.2, 0.25) is 0 Å². The summed E-state index contributed by atoms with van der Waals surface area (Å²) in [4.78, 5) is 18.2. The van der Waals surface area contributed by atoms with Gasteiger partial charge in [-0.1, -0.05) is 23.7 Å². The number of nitrogens with zero attached hydrogens (tertiary/aromatic N) is 1. The van der Waals surface area contributed by atoms with Gasteiger partial charge in [0.05, 0.1) is 11.6 Å². The minimum absolute atomic E-state index is 0.206. The van der Waals surface area contributed by atoms with Crippen LogP contribution in [0.4, 0.5) is 0 Å². The minimum atomic E-state index is -0.222. The normalized spacial score (nSPS) is 10.4. The third-order valence-electron chi connectivity index (χ3n) is 2.03. The molecule has 0 saturated heterocycles. The van der Waals surface area contributed by atoms with Crippen molar-refractivity contribution in [3.05, 3.63) is 51.4 Å². The van der Waals surface area contributed by atoms with Crippen molar-refractivity contribution in [1.29, 1.82) is 0 Å². The molecular formula is C11H8Cl2N2O. The number of H-pyrrole nitrogens is 1. The number of aromatic amines is 1. The zero-order valence-electron chi connectivity index (χ0n) is 8.21. The van der Waals surface area contributed by atoms with E-state index in [0.29, 0.717) is 16.5 Å². The summed E-state index contributed by atoms with van der Waals surface area (Å²) in [6.07, 6.45) is 0. The molecule has 1 heterocycles. The quantitative estimate of drug-likeness (QED) is 0.838. The van der Waals surface area contributed by atoms with Gasteiger partial charge in [-0.05, 0) is 12.1 Å². The molecule has 0 saturated carbocycles. The Kier molecular flexibility index (Phi) is 3.27. The Balaban J connectivity index is 2.55. The number of halogens is 2. The Hall–Kier alpha value is -1.32. The van der Waals surface area contributed by atoms with E-state index in [1.165, 1.54) is 6.07 Å². The molecule has 2 rings (SSSR count). The molecule has 0 aliphatic carbocycles. The molecule has 0 radical (unpaired) electrons. The van der Waals surface area contributed by atoms with Gasteiger partial charge in [-0.2, -0.15) is 0 Å². The number of benzene rings is 1. The van der Waals surface area contributed by atoms with E-state index >= 15 is 0 Å². The molecule has 0 aliphatic heterocycles. The second-order valence-corrected chi connectivity index (χ2v) is 3.93. The predicted molar refractivity (Wildman–Crippen MR) is 64.9 cm³/mol. The number of hydrogen-bond acceptors (Lipinski definition) is 2. The van der Waals surface area contributed by atoms with Crippen LogP contribution in [0.2, 0.25) is 5.02 Å². The highest BCUT2D eigenvalue weighted by Crippen LogP contribution is 2.18. The summed E-state index contributed by atoms with van der Waals surface area (Å²) in [5, 5.41) is 0.594. The lowest BCUT2D eigenvalue weighted by molar-refractivity contribution is 1.06. The molecule has 16 heavy (non-hydrogen) atoms. The fraction of sp³-hybridized carbons (Fsp3) is 0.0909. The molecule has 3 nitrogen and oxygen atoms in total. The summed E-state index contributed by atoms with van der Waals surface area (Å²) in [6, 6.07) is 8.49. The lowest BCUT2D eigenvalue weighted by atomic mass is 10.2. The maximum atomic E-state index is 11.3. The van der Waals surface area contributed by atoms with Crippen LogP contribution in [0.15, 0.2) is 35.1 Å². The monoisotopic (exact) mass is 254 g/mol. The van der Waals surface area contributed by atoms with Crippen molar-refractivity contribution < 1.29 is 0 Å². The lowest BCUT2D eigenvalue weighted by Crippen LogP contribution is -2.09. The summed E-state index contributed by atoms with van der Waals surface area (Å²) in [5.74, 6) is 0.683. The van der Waals surface area contributed by atoms with Crippen LogP contribution in [0.3, 0.4) is 0 Å². The van der Waals surface area contributed by atoms with Gasteiger partial charge >= 0.3 is 0 Å². The number of alkyl halides is 1. The molecule has 0 bridgehead atoms. The standard InChI is InChI=1S/C11H8Cl2N2O/c12-6-9-5-10(16)15-11(14-9)7-2-1-3-8(13)4-7/h1-5H,6H2,(H,14,15,16). The predicted octanol–water partition coefficient (Wildman–Crippen LogP) is 2.83. The van der Waals surface area contributed by atoms with Crippen LogP contribution in [0.1, 0.15) is 5.69 Å². The first-order valence-corrected chi connectivity index (χ1v) is 5.52. The van der Waals surface area contributed by atoms with E-state index in [4.69, 9.17) is 23.2 Å². The van der Waals surface area contributed by atoms with Gasteiger partial charge in [-0.15, -0.1) is 11.6 Å². The van der Waals surface area contributed by atoms with Crippen molar-refractivity contribution in [1.82, 2.24) is 9.97 Å². The van der Waals surface area contributed by atoms with Crippen LogP contribution < -0.4 is 5.56 Å². The summed E-state index contributed by atoms with van der Waals surface area (Å²) in [7, 11) is 0. The number of nitrogens with one attached hydrogen (secondary N) is 1. The van der Waals surface area contributed by atoms with Gasteiger partial charge in [-0.3, -0.25) is 4.79 Å². The Bertz CT molecular complexity index is 566. The number of hydrogen-bond donors (Lipinski definition) is 1. The second kappa shape index (κ2) is 4.68. The Labute approximate surface area is 102 Å². The van der Waals surface area contributed by atoms with Crippen molar-refractivity contribution in [3.63, 3.8) is 0 Å². The summed E-state index contributed by atoms with van der Waals surface area (Å²) < 4.78 is 0. The van der Waals surface area contributed by atoms with Gasteiger partial charge < -0.3 is 4.98 Å². The summed E-state index contributed by atoms with van der Waals surface area (Å²) >= 11 is 11.5. The number of aromatic nitrogens is 2. The van der Waals surface area contributed by atoms with Crippen molar-refractivity contribution >= 4 is 23.2 Å². The molecule has 0 aliphatic rings. The first-order chi connectivity index (χ1) is 7.69. The number of rotatable bonds is 2. The molecule has 1 N–H and O–H groups in total. The average Bonchev–Trinajstić information content (AvgIpc) is 2.28. The highest BCUT2D eigenvalue weighted by atomic mass is 35.5. The highest BCUT2D eigenvalue weighted by molar-refractivity contribution is 6.30. The largest absolute Gasteiger partial charge is 0.307 e. The van der Waals surface area contributed by atoms with E-state index in [1.54, 1.807) is 18.2 Å². The molecule has 0 amide bonds. The van der Waals surface area contributed by atoms with Gasteiger partial charge in [0, 0.05) is 16.7 Å². The van der Waals surface area contributed by atoms with Gasteiger partial charge in [-0.25, -0.2) is 4.98 Å². The zero-order chi connectivity index (χ0) is 11.5. The maximum absolute atomic E-state index is 11.3. The van der Waals surface area contributed by atoms with Crippen LogP contribution in [0.25, 0.3) is 11.4 Å². The molecule has 2 aromatic rings. The van der Waals surface area contributed by atoms with Crippen LogP contribution in [0.5, 0.6) is 0 Å². The highest BCUT2D eigenvalue weighted by Gasteiger charge is 2.03. The fourth-order valence-electron chi connectivity index (χ4n) is 1.35. The molecule has 0 fully saturated rings. The summed E-state index contributed by atoms with van der Waals surface area (Å²) in [6.45, 7) is 0. The smallest absolute Gasteiger partial charge is 0.251 e. The van der Waals surface area contributed by atoms with Crippen molar-refractivity contribution in [2.24, 2.45) is 0 Å². The van der Waals surface area contributed by atoms with Crippen LogP contribution >= 0.6 is 23.2 Å². The van der Waals surface area contributed by atoms with Crippen LogP contribution in [-0.2, 0) is 5.88 Å². The van der Waals surface area contributed by atoms with Gasteiger partial charge in [0.25, 0.3) is 5.56 Å². The molecule has 0 spiro atoms. The van der Waals surface area contributed by atoms with Gasteiger partial charge in [0.15, 0.2) is 0 Å². The Morgan fingerprint density at radius 2 is 2.12 bits per heavy atom. The van der Waals surface area contributed by atoms with Crippen molar-refractivity contribution in [3.8, 4) is 11.4 Å². The SMILES string of the molecule is O=c1cc(CCl)nc(-c2cccc(Cl)c2)[nH]1. The molecule has 0 atom stereocenters. The van der Waals surface area contributed by atoms with E-state index in [1.807, 2.05) is 6.07 Å². The third kappa shape index (κ3) is 2.43. The van der Waals surface area contributed by atoms with E-state index in [2.05, 4.69) is 9.97 Å². The second-order valence-electron chi connectivity index (χ2n) is 3.23. The summed E-state index contributed by atoms with van der Waals surface area (Å²) in [5.41, 5.74) is 1.08. The van der Waals surface area contributed by atoms with E-state index in [9.17, 15) is 4.79 Å². The minimum Gasteiger partial charge on any atom is -0.307 e. The lowest BCUT2D eigenvalue weighted by Gasteiger charge is -2.02. The average molecular weight is 255 g/mol. The maximum Gasteiger partial charge on any atom is 0.251 e. The Morgan fingerprint density at radius 3 is 2.81 bits per heavy atom. The molecular weight excluding hydrogens is 247 g/mol. The van der Waals surface area contributed by atoms with E-state index in [0.717, 1.165) is 5.56 Å². The third-order valence-corrected chi connectivity index (χ3v) is 2.54. The zero-order valence-corrected chi connectivity index (χ0v) is 9.72. The van der Waals surface area contributed by atoms with Gasteiger partial charge in [0.1, 0.15) is 5.82 Å².